The lowest BCUT2D eigenvalue weighted by Gasteiger charge is -2.36. The minimum atomic E-state index is -0.976. The third kappa shape index (κ3) is 4.29. The predicted octanol–water partition coefficient (Wildman–Crippen LogP) is 1.58. The van der Waals surface area contributed by atoms with Crippen LogP contribution in [0.1, 0.15) is 24.8 Å². The number of carboxylic acid groups (broad SMARTS) is 1. The van der Waals surface area contributed by atoms with E-state index in [2.05, 4.69) is 17.0 Å². The first kappa shape index (κ1) is 15.5. The topological polar surface area (TPSA) is 60.9 Å². The van der Waals surface area contributed by atoms with E-state index >= 15 is 0 Å². The Hall–Kier alpha value is -1.88. The van der Waals surface area contributed by atoms with E-state index in [0.717, 1.165) is 32.4 Å². The van der Waals surface area contributed by atoms with Crippen LogP contribution in [0.25, 0.3) is 0 Å². The van der Waals surface area contributed by atoms with Gasteiger partial charge in [0.15, 0.2) is 0 Å². The molecular weight excluding hydrogens is 268 g/mol. The quantitative estimate of drug-likeness (QED) is 0.894. The number of likely N-dealkylation sites (N-methyl/N-ethyl adjacent to an activating group) is 1. The number of hydrogen-bond acceptors (Lipinski definition) is 3. The van der Waals surface area contributed by atoms with Crippen molar-refractivity contribution >= 4 is 11.9 Å². The van der Waals surface area contributed by atoms with Crippen LogP contribution in [0, 0.1) is 0 Å². The van der Waals surface area contributed by atoms with Crippen molar-refractivity contribution in [3.8, 4) is 0 Å². The molecular formula is C16H22N2O3. The predicted molar refractivity (Wildman–Crippen MR) is 79.8 cm³/mol. The molecule has 0 aromatic heterocycles. The molecule has 1 aliphatic heterocycles. The van der Waals surface area contributed by atoms with Gasteiger partial charge in [0.2, 0.25) is 5.91 Å². The van der Waals surface area contributed by atoms with Crippen molar-refractivity contribution in [2.75, 3.05) is 20.1 Å². The summed E-state index contributed by atoms with van der Waals surface area (Å²) < 4.78 is 0. The molecule has 0 spiro atoms. The molecule has 0 saturated carbocycles. The molecule has 0 bridgehead atoms. The monoisotopic (exact) mass is 290 g/mol. The Balaban J connectivity index is 2.04. The maximum absolute atomic E-state index is 12.5. The summed E-state index contributed by atoms with van der Waals surface area (Å²) in [6.45, 7) is 1.37. The molecule has 1 fully saturated rings. The van der Waals surface area contributed by atoms with Gasteiger partial charge in [-0.15, -0.1) is 0 Å². The number of carbonyl (C=O) groups is 2. The van der Waals surface area contributed by atoms with E-state index in [0.29, 0.717) is 0 Å². The number of carboxylic acids is 1. The first-order valence-corrected chi connectivity index (χ1v) is 7.32. The second-order valence-corrected chi connectivity index (χ2v) is 5.56. The molecule has 1 heterocycles. The van der Waals surface area contributed by atoms with Gasteiger partial charge in [-0.2, -0.15) is 0 Å². The average Bonchev–Trinajstić information content (AvgIpc) is 2.47. The molecule has 114 valence electrons. The van der Waals surface area contributed by atoms with Gasteiger partial charge in [-0.25, -0.2) is 0 Å². The second-order valence-electron chi connectivity index (χ2n) is 5.56. The number of hydrogen-bond donors (Lipinski definition) is 1. The zero-order valence-corrected chi connectivity index (χ0v) is 12.4. The summed E-state index contributed by atoms with van der Waals surface area (Å²) in [5.41, 5.74) is 1.18. The van der Waals surface area contributed by atoms with Crippen LogP contribution in [0.4, 0.5) is 0 Å². The third-order valence-corrected chi connectivity index (χ3v) is 3.88. The fourth-order valence-corrected chi connectivity index (χ4v) is 2.81. The van der Waals surface area contributed by atoms with Crippen molar-refractivity contribution in [2.45, 2.75) is 31.8 Å². The largest absolute Gasteiger partial charge is 0.480 e. The Bertz CT molecular complexity index is 490. The molecule has 2 rings (SSSR count). The van der Waals surface area contributed by atoms with Crippen LogP contribution in [-0.4, -0.2) is 53.0 Å². The molecule has 21 heavy (non-hydrogen) atoms. The number of likely N-dealkylation sites (tertiary alicyclic amines) is 1. The summed E-state index contributed by atoms with van der Waals surface area (Å²) in [6.07, 6.45) is 2.90. The van der Waals surface area contributed by atoms with Gasteiger partial charge in [-0.3, -0.25) is 14.5 Å². The highest BCUT2D eigenvalue weighted by Crippen LogP contribution is 2.21. The first-order chi connectivity index (χ1) is 10.1. The first-order valence-electron chi connectivity index (χ1n) is 7.32. The number of rotatable bonds is 5. The molecule has 5 heteroatoms. The SMILES string of the molecule is CN(CC(=O)O)C(=O)[C@H]1CCCCN1Cc1ccccc1. The van der Waals surface area contributed by atoms with Crippen LogP contribution < -0.4 is 0 Å². The molecule has 1 aromatic rings. The van der Waals surface area contributed by atoms with Gasteiger partial charge in [0.1, 0.15) is 6.54 Å². The van der Waals surface area contributed by atoms with Gasteiger partial charge in [0.05, 0.1) is 6.04 Å². The molecule has 5 nitrogen and oxygen atoms in total. The van der Waals surface area contributed by atoms with E-state index in [4.69, 9.17) is 5.11 Å². The molecule has 0 radical (unpaired) electrons. The van der Waals surface area contributed by atoms with Crippen molar-refractivity contribution in [1.82, 2.24) is 9.80 Å². The Labute approximate surface area is 125 Å². The summed E-state index contributed by atoms with van der Waals surface area (Å²) in [4.78, 5) is 26.7. The van der Waals surface area contributed by atoms with Crippen molar-refractivity contribution in [3.05, 3.63) is 35.9 Å². The number of piperidine rings is 1. The molecule has 0 unspecified atom stereocenters. The maximum atomic E-state index is 12.5. The minimum absolute atomic E-state index is 0.0898. The maximum Gasteiger partial charge on any atom is 0.323 e. The fourth-order valence-electron chi connectivity index (χ4n) is 2.81. The van der Waals surface area contributed by atoms with E-state index in [1.807, 2.05) is 18.2 Å². The van der Waals surface area contributed by atoms with Crippen LogP contribution in [0.15, 0.2) is 30.3 Å². The summed E-state index contributed by atoms with van der Waals surface area (Å²) in [5.74, 6) is -1.07. The van der Waals surface area contributed by atoms with Crippen molar-refractivity contribution in [2.24, 2.45) is 0 Å². The summed E-state index contributed by atoms with van der Waals surface area (Å²) >= 11 is 0. The fraction of sp³-hybridized carbons (Fsp3) is 0.500. The van der Waals surface area contributed by atoms with Crippen LogP contribution in [0.5, 0.6) is 0 Å². The minimum Gasteiger partial charge on any atom is -0.480 e. The van der Waals surface area contributed by atoms with Crippen molar-refractivity contribution < 1.29 is 14.7 Å². The van der Waals surface area contributed by atoms with E-state index in [1.165, 1.54) is 10.5 Å². The highest BCUT2D eigenvalue weighted by molar-refractivity contribution is 5.85. The Morgan fingerprint density at radius 2 is 2.00 bits per heavy atom. The van der Waals surface area contributed by atoms with Crippen molar-refractivity contribution in [1.29, 1.82) is 0 Å². The summed E-state index contributed by atoms with van der Waals surface area (Å²) in [6, 6.07) is 9.86. The number of carbonyl (C=O) groups excluding carboxylic acids is 1. The molecule has 0 aliphatic carbocycles. The highest BCUT2D eigenvalue weighted by Gasteiger charge is 2.31. The average molecular weight is 290 g/mol. The van der Waals surface area contributed by atoms with Crippen LogP contribution in [0.3, 0.4) is 0 Å². The van der Waals surface area contributed by atoms with Gasteiger partial charge < -0.3 is 10.0 Å². The second kappa shape index (κ2) is 7.22. The lowest BCUT2D eigenvalue weighted by Crippen LogP contribution is -2.50. The van der Waals surface area contributed by atoms with E-state index in [1.54, 1.807) is 7.05 Å². The van der Waals surface area contributed by atoms with E-state index < -0.39 is 5.97 Å². The Kier molecular flexibility index (Phi) is 5.33. The smallest absolute Gasteiger partial charge is 0.323 e. The van der Waals surface area contributed by atoms with Crippen LogP contribution >= 0.6 is 0 Å². The number of amides is 1. The Morgan fingerprint density at radius 3 is 2.67 bits per heavy atom. The molecule has 1 aliphatic rings. The number of aliphatic carboxylic acids is 1. The normalized spacial score (nSPS) is 19.2. The standard InChI is InChI=1S/C16H22N2O3/c1-17(12-15(19)20)16(21)14-9-5-6-10-18(14)11-13-7-3-2-4-8-13/h2-4,7-8,14H,5-6,9-12H2,1H3,(H,19,20)/t14-/m1/s1. The molecule has 1 amide bonds. The zero-order chi connectivity index (χ0) is 15.2. The van der Waals surface area contributed by atoms with Gasteiger partial charge in [-0.05, 0) is 24.9 Å². The van der Waals surface area contributed by atoms with Crippen molar-refractivity contribution in [3.63, 3.8) is 0 Å². The summed E-state index contributed by atoms with van der Waals surface area (Å²) in [7, 11) is 1.56. The molecule has 1 atom stereocenters. The van der Waals surface area contributed by atoms with E-state index in [9.17, 15) is 9.59 Å². The zero-order valence-electron chi connectivity index (χ0n) is 12.4. The van der Waals surface area contributed by atoms with E-state index in [-0.39, 0.29) is 18.5 Å². The lowest BCUT2D eigenvalue weighted by atomic mass is 10.00. The van der Waals surface area contributed by atoms with Crippen LogP contribution in [0.2, 0.25) is 0 Å². The van der Waals surface area contributed by atoms with Crippen LogP contribution in [-0.2, 0) is 16.1 Å². The number of nitrogens with zero attached hydrogens (tertiary/aromatic N) is 2. The molecule has 1 N–H and O–H groups in total. The molecule has 1 aromatic carbocycles. The molecule has 1 saturated heterocycles. The highest BCUT2D eigenvalue weighted by atomic mass is 16.4. The third-order valence-electron chi connectivity index (χ3n) is 3.88. The lowest BCUT2D eigenvalue weighted by molar-refractivity contribution is -0.146. The van der Waals surface area contributed by atoms with Gasteiger partial charge >= 0.3 is 5.97 Å². The van der Waals surface area contributed by atoms with Gasteiger partial charge in [0, 0.05) is 13.6 Å². The van der Waals surface area contributed by atoms with Gasteiger partial charge in [0.25, 0.3) is 0 Å². The number of benzene rings is 1. The Morgan fingerprint density at radius 1 is 1.29 bits per heavy atom. The summed E-state index contributed by atoms with van der Waals surface area (Å²) in [5, 5.41) is 8.82. The van der Waals surface area contributed by atoms with Gasteiger partial charge in [-0.1, -0.05) is 36.8 Å².